The fourth-order valence-corrected chi connectivity index (χ4v) is 1.93. The van der Waals surface area contributed by atoms with Crippen LogP contribution in [0.25, 0.3) is 0 Å². The van der Waals surface area contributed by atoms with Crippen LogP contribution < -0.4 is 5.32 Å². The Morgan fingerprint density at radius 2 is 1.95 bits per heavy atom. The van der Waals surface area contributed by atoms with E-state index in [1.165, 1.54) is 11.9 Å². The molecule has 1 amide bonds. The van der Waals surface area contributed by atoms with Crippen molar-refractivity contribution in [2.75, 3.05) is 6.54 Å². The molecule has 1 rings (SSSR count). The first-order valence-corrected chi connectivity index (χ1v) is 6.93. The smallest absolute Gasteiger partial charge is 0.404 e. The van der Waals surface area contributed by atoms with Crippen LogP contribution in [-0.2, 0) is 0 Å². The molecule has 0 bridgehead atoms. The van der Waals surface area contributed by atoms with E-state index < -0.39 is 6.09 Å². The Kier molecular flexibility index (Phi) is 5.89. The van der Waals surface area contributed by atoms with Crippen LogP contribution in [-0.4, -0.2) is 28.2 Å². The molecule has 0 aliphatic heterocycles. The van der Waals surface area contributed by atoms with Gasteiger partial charge in [0.05, 0.1) is 5.71 Å². The first-order chi connectivity index (χ1) is 8.88. The zero-order chi connectivity index (χ0) is 14.3. The van der Waals surface area contributed by atoms with E-state index in [4.69, 9.17) is 5.11 Å². The van der Waals surface area contributed by atoms with E-state index in [0.29, 0.717) is 13.0 Å². The van der Waals surface area contributed by atoms with E-state index in [1.807, 2.05) is 30.3 Å². The molecule has 0 spiro atoms. The predicted molar refractivity (Wildman–Crippen MR) is 81.0 cm³/mol. The maximum absolute atomic E-state index is 10.5. The predicted octanol–water partition coefficient (Wildman–Crippen LogP) is 3.58. The van der Waals surface area contributed by atoms with Gasteiger partial charge in [0.1, 0.15) is 0 Å². The topological polar surface area (TPSA) is 61.7 Å². The van der Waals surface area contributed by atoms with Crippen molar-refractivity contribution in [2.24, 2.45) is 4.40 Å². The molecule has 5 heteroatoms. The number of carboxylic acid groups (broad SMARTS) is 1. The highest BCUT2D eigenvalue weighted by atomic mass is 32.2. The lowest BCUT2D eigenvalue weighted by atomic mass is 10.1. The van der Waals surface area contributed by atoms with Crippen molar-refractivity contribution in [2.45, 2.75) is 31.9 Å². The van der Waals surface area contributed by atoms with E-state index in [2.05, 4.69) is 30.5 Å². The lowest BCUT2D eigenvalue weighted by Gasteiger charge is -2.15. The van der Waals surface area contributed by atoms with Crippen LogP contribution in [0, 0.1) is 0 Å². The number of hydrogen-bond acceptors (Lipinski definition) is 3. The summed E-state index contributed by atoms with van der Waals surface area (Å²) >= 11 is 1.51. The lowest BCUT2D eigenvalue weighted by molar-refractivity contribution is 0.195. The summed E-state index contributed by atoms with van der Waals surface area (Å²) in [6, 6.07) is 9.84. The van der Waals surface area contributed by atoms with Crippen molar-refractivity contribution < 1.29 is 9.90 Å². The summed E-state index contributed by atoms with van der Waals surface area (Å²) in [5, 5.41) is 11.0. The maximum atomic E-state index is 10.5. The summed E-state index contributed by atoms with van der Waals surface area (Å²) in [5.41, 5.74) is 1.95. The number of nitrogens with one attached hydrogen (secondary N) is 1. The molecular weight excluding hydrogens is 260 g/mol. The Morgan fingerprint density at radius 1 is 1.32 bits per heavy atom. The molecule has 0 fully saturated rings. The summed E-state index contributed by atoms with van der Waals surface area (Å²) in [6.07, 6.45) is -0.421. The van der Waals surface area contributed by atoms with Gasteiger partial charge in [0.2, 0.25) is 0 Å². The molecular formula is C14H20N2O2S. The summed E-state index contributed by atoms with van der Waals surface area (Å²) in [6.45, 7) is 6.66. The second-order valence-electron chi connectivity index (χ2n) is 5.09. The average Bonchev–Trinajstić information content (AvgIpc) is 2.33. The van der Waals surface area contributed by atoms with Crippen molar-refractivity contribution >= 4 is 23.8 Å². The number of hydrogen-bond donors (Lipinski definition) is 2. The molecule has 19 heavy (non-hydrogen) atoms. The maximum Gasteiger partial charge on any atom is 0.404 e. The Balaban J connectivity index is 2.76. The van der Waals surface area contributed by atoms with Crippen LogP contribution in [0.2, 0.25) is 0 Å². The third kappa shape index (κ3) is 6.86. The molecule has 1 aromatic carbocycles. The average molecular weight is 280 g/mol. The van der Waals surface area contributed by atoms with Crippen LogP contribution in [0.5, 0.6) is 0 Å². The molecule has 104 valence electrons. The van der Waals surface area contributed by atoms with E-state index in [9.17, 15) is 4.79 Å². The van der Waals surface area contributed by atoms with E-state index in [-0.39, 0.29) is 4.75 Å². The van der Waals surface area contributed by atoms with E-state index in [1.54, 1.807) is 0 Å². The summed E-state index contributed by atoms with van der Waals surface area (Å²) in [7, 11) is 0. The highest BCUT2D eigenvalue weighted by molar-refractivity contribution is 7.99. The molecule has 4 nitrogen and oxygen atoms in total. The summed E-state index contributed by atoms with van der Waals surface area (Å²) < 4.78 is 4.60. The normalized spacial score (nSPS) is 12.3. The molecule has 0 aromatic heterocycles. The van der Waals surface area contributed by atoms with Crippen molar-refractivity contribution in [1.82, 2.24) is 5.32 Å². The molecule has 0 aliphatic carbocycles. The van der Waals surface area contributed by atoms with Crippen LogP contribution in [0.4, 0.5) is 4.79 Å². The molecule has 0 aliphatic rings. The third-order valence-electron chi connectivity index (χ3n) is 2.17. The largest absolute Gasteiger partial charge is 0.465 e. The quantitative estimate of drug-likeness (QED) is 0.640. The highest BCUT2D eigenvalue weighted by Gasteiger charge is 2.12. The molecule has 2 N–H and O–H groups in total. The Hall–Kier alpha value is -1.49. The minimum absolute atomic E-state index is 0.0419. The zero-order valence-electron chi connectivity index (χ0n) is 11.5. The SMILES string of the molecule is CC(C)(C)SN=C(CCNC(=O)O)c1ccccc1. The van der Waals surface area contributed by atoms with Gasteiger partial charge in [0.15, 0.2) is 0 Å². The molecule has 0 unspecified atom stereocenters. The van der Waals surface area contributed by atoms with Gasteiger partial charge in [-0.15, -0.1) is 0 Å². The first-order valence-electron chi connectivity index (χ1n) is 6.16. The Bertz CT molecular complexity index is 439. The van der Waals surface area contributed by atoms with Crippen molar-refractivity contribution in [3.8, 4) is 0 Å². The molecule has 0 radical (unpaired) electrons. The number of rotatable bonds is 5. The molecule has 0 saturated heterocycles. The van der Waals surface area contributed by atoms with Gasteiger partial charge in [-0.05, 0) is 38.3 Å². The van der Waals surface area contributed by atoms with Crippen LogP contribution in [0.3, 0.4) is 0 Å². The van der Waals surface area contributed by atoms with Crippen molar-refractivity contribution in [3.63, 3.8) is 0 Å². The summed E-state index contributed by atoms with van der Waals surface area (Å²) in [4.78, 5) is 10.5. The van der Waals surface area contributed by atoms with Gasteiger partial charge in [0.25, 0.3) is 0 Å². The summed E-state index contributed by atoms with van der Waals surface area (Å²) in [5.74, 6) is 0. The van der Waals surface area contributed by atoms with Gasteiger partial charge in [-0.2, -0.15) is 0 Å². The van der Waals surface area contributed by atoms with Gasteiger partial charge in [-0.1, -0.05) is 30.3 Å². The standard InChI is InChI=1S/C14H20N2O2S/c1-14(2,3)19-16-12(9-10-15-13(17)18)11-7-5-4-6-8-11/h4-8,15H,9-10H2,1-3H3,(H,17,18). The van der Waals surface area contributed by atoms with Gasteiger partial charge in [0, 0.05) is 17.7 Å². The Labute approximate surface area is 118 Å². The monoisotopic (exact) mass is 280 g/mol. The van der Waals surface area contributed by atoms with Gasteiger partial charge in [-0.25, -0.2) is 9.19 Å². The van der Waals surface area contributed by atoms with Crippen LogP contribution >= 0.6 is 11.9 Å². The zero-order valence-corrected chi connectivity index (χ0v) is 12.3. The second kappa shape index (κ2) is 7.19. The fourth-order valence-electron chi connectivity index (χ4n) is 1.35. The highest BCUT2D eigenvalue weighted by Crippen LogP contribution is 2.25. The van der Waals surface area contributed by atoms with Crippen molar-refractivity contribution in [3.05, 3.63) is 35.9 Å². The number of amides is 1. The lowest BCUT2D eigenvalue weighted by Crippen LogP contribution is -2.24. The van der Waals surface area contributed by atoms with Gasteiger partial charge < -0.3 is 10.4 Å². The van der Waals surface area contributed by atoms with E-state index >= 15 is 0 Å². The molecule has 1 aromatic rings. The Morgan fingerprint density at radius 3 is 2.47 bits per heavy atom. The second-order valence-corrected chi connectivity index (χ2v) is 6.68. The molecule has 0 saturated carbocycles. The van der Waals surface area contributed by atoms with Crippen LogP contribution in [0.1, 0.15) is 32.8 Å². The minimum Gasteiger partial charge on any atom is -0.465 e. The van der Waals surface area contributed by atoms with E-state index in [0.717, 1.165) is 11.3 Å². The fraction of sp³-hybridized carbons (Fsp3) is 0.429. The van der Waals surface area contributed by atoms with Crippen LogP contribution in [0.15, 0.2) is 34.7 Å². The van der Waals surface area contributed by atoms with Gasteiger partial charge >= 0.3 is 6.09 Å². The number of nitrogens with zero attached hydrogens (tertiary/aromatic N) is 1. The number of carbonyl (C=O) groups is 1. The molecule has 0 atom stereocenters. The number of benzene rings is 1. The van der Waals surface area contributed by atoms with Gasteiger partial charge in [-0.3, -0.25) is 0 Å². The van der Waals surface area contributed by atoms with Crippen molar-refractivity contribution in [1.29, 1.82) is 0 Å². The third-order valence-corrected chi connectivity index (χ3v) is 3.03. The first kappa shape index (κ1) is 15.6. The minimum atomic E-state index is -1.00. The molecule has 0 heterocycles.